The average Bonchev–Trinajstić information content (AvgIpc) is 3.23. The molecule has 2 fully saturated rings. The van der Waals surface area contributed by atoms with Crippen LogP contribution in [0.4, 0.5) is 24.5 Å². The lowest BCUT2D eigenvalue weighted by Crippen LogP contribution is -2.42. The van der Waals surface area contributed by atoms with Crippen molar-refractivity contribution < 1.29 is 22.5 Å². The fourth-order valence-electron chi connectivity index (χ4n) is 4.94. The van der Waals surface area contributed by atoms with Gasteiger partial charge < -0.3 is 14.1 Å². The number of benzene rings is 3. The van der Waals surface area contributed by atoms with Gasteiger partial charge in [0.25, 0.3) is 7.44 Å². The summed E-state index contributed by atoms with van der Waals surface area (Å²) >= 11 is 0. The molecule has 0 radical (unpaired) electrons. The first-order valence-electron chi connectivity index (χ1n) is 11.6. The summed E-state index contributed by atoms with van der Waals surface area (Å²) in [5.74, 6) is -0.628. The maximum atomic E-state index is 15.5. The second kappa shape index (κ2) is 9.69. The summed E-state index contributed by atoms with van der Waals surface area (Å²) in [6.45, 7) is 3.12. The molecule has 0 unspecified atom stereocenters. The maximum Gasteiger partial charge on any atom is 0.416 e. The van der Waals surface area contributed by atoms with E-state index in [0.29, 0.717) is 45.0 Å². The standard InChI is InChI=1S/C26H27F3N3O2P/c27-26(28,29)22-13-11-21(12-14-22)25(30-17-19-34-20-18-30)35(33)31(23-7-3-1-4-8-23)15-16-32(35)24-9-5-2-6-10-24/h1-14,25H,15-20H2/t25-/m0/s1. The van der Waals surface area contributed by atoms with Gasteiger partial charge in [0.15, 0.2) is 0 Å². The molecule has 0 spiro atoms. The van der Waals surface area contributed by atoms with E-state index in [0.717, 1.165) is 23.5 Å². The summed E-state index contributed by atoms with van der Waals surface area (Å²) < 4.78 is 64.9. The van der Waals surface area contributed by atoms with Crippen LogP contribution in [0.3, 0.4) is 0 Å². The van der Waals surface area contributed by atoms with Gasteiger partial charge in [0, 0.05) is 37.6 Å². The summed E-state index contributed by atoms with van der Waals surface area (Å²) in [5.41, 5.74) is 1.55. The zero-order valence-corrected chi connectivity index (χ0v) is 20.0. The molecule has 0 N–H and O–H groups in total. The number of nitrogens with zero attached hydrogens (tertiary/aromatic N) is 3. The molecule has 5 nitrogen and oxygen atoms in total. The van der Waals surface area contributed by atoms with Gasteiger partial charge in [0.05, 0.1) is 18.8 Å². The molecule has 0 saturated carbocycles. The highest BCUT2D eigenvalue weighted by molar-refractivity contribution is 7.67. The number of halogens is 3. The molecule has 0 bridgehead atoms. The molecular weight excluding hydrogens is 474 g/mol. The highest BCUT2D eigenvalue weighted by atomic mass is 31.2. The molecule has 0 amide bonds. The number of para-hydroxylation sites is 2. The van der Waals surface area contributed by atoms with Crippen molar-refractivity contribution in [1.29, 1.82) is 0 Å². The Hall–Kier alpha value is -2.80. The molecule has 2 heterocycles. The minimum atomic E-state index is -4.43. The van der Waals surface area contributed by atoms with E-state index >= 15 is 4.57 Å². The van der Waals surface area contributed by atoms with Crippen molar-refractivity contribution in [1.82, 2.24) is 4.90 Å². The van der Waals surface area contributed by atoms with Crippen molar-refractivity contribution in [3.05, 3.63) is 96.1 Å². The molecule has 2 saturated heterocycles. The highest BCUT2D eigenvalue weighted by Gasteiger charge is 2.52. The molecule has 35 heavy (non-hydrogen) atoms. The Labute approximate surface area is 203 Å². The molecule has 184 valence electrons. The van der Waals surface area contributed by atoms with Crippen LogP contribution in [0.25, 0.3) is 0 Å². The largest absolute Gasteiger partial charge is 0.416 e. The Morgan fingerprint density at radius 1 is 0.714 bits per heavy atom. The van der Waals surface area contributed by atoms with Crippen molar-refractivity contribution in [3.8, 4) is 0 Å². The van der Waals surface area contributed by atoms with E-state index in [1.165, 1.54) is 12.1 Å². The SMILES string of the molecule is O=P1([C@@H](c2ccc(C(F)(F)F)cc2)N2CCOCC2)N(c2ccccc2)CCN1c1ccccc1. The number of rotatable bonds is 5. The first-order chi connectivity index (χ1) is 16.9. The molecule has 2 aliphatic heterocycles. The van der Waals surface area contributed by atoms with Crippen molar-refractivity contribution >= 4 is 18.8 Å². The van der Waals surface area contributed by atoms with Crippen LogP contribution in [-0.2, 0) is 15.5 Å². The van der Waals surface area contributed by atoms with Gasteiger partial charge in [-0.05, 0) is 42.0 Å². The van der Waals surface area contributed by atoms with Crippen LogP contribution in [0, 0.1) is 0 Å². The van der Waals surface area contributed by atoms with Crippen LogP contribution < -0.4 is 9.34 Å². The molecule has 3 aromatic rings. The number of anilines is 2. The molecule has 3 aromatic carbocycles. The number of ether oxygens (including phenoxy) is 1. The van der Waals surface area contributed by atoms with Gasteiger partial charge in [-0.15, -0.1) is 0 Å². The number of hydrogen-bond donors (Lipinski definition) is 0. The van der Waals surface area contributed by atoms with E-state index in [1.807, 2.05) is 70.0 Å². The fraction of sp³-hybridized carbons (Fsp3) is 0.308. The predicted molar refractivity (Wildman–Crippen MR) is 132 cm³/mol. The van der Waals surface area contributed by atoms with Gasteiger partial charge in [-0.1, -0.05) is 48.5 Å². The topological polar surface area (TPSA) is 36.0 Å². The minimum absolute atomic E-state index is 0.480. The highest BCUT2D eigenvalue weighted by Crippen LogP contribution is 2.69. The van der Waals surface area contributed by atoms with E-state index in [1.54, 1.807) is 0 Å². The third kappa shape index (κ3) is 4.58. The third-order valence-corrected chi connectivity index (χ3v) is 10.1. The van der Waals surface area contributed by atoms with E-state index in [4.69, 9.17) is 4.74 Å². The van der Waals surface area contributed by atoms with Crippen LogP contribution in [0.5, 0.6) is 0 Å². The van der Waals surface area contributed by atoms with E-state index in [-0.39, 0.29) is 0 Å². The second-order valence-corrected chi connectivity index (χ2v) is 11.3. The summed E-state index contributed by atoms with van der Waals surface area (Å²) in [7, 11) is -3.43. The van der Waals surface area contributed by atoms with E-state index < -0.39 is 25.0 Å². The molecule has 0 aromatic heterocycles. The second-order valence-electron chi connectivity index (χ2n) is 8.65. The molecule has 2 aliphatic rings. The normalized spacial score (nSPS) is 19.6. The Bertz CT molecular complexity index is 1120. The quantitative estimate of drug-likeness (QED) is 0.386. The summed E-state index contributed by atoms with van der Waals surface area (Å²) in [5, 5.41) is 0. The minimum Gasteiger partial charge on any atom is -0.379 e. The Morgan fingerprint density at radius 2 is 1.20 bits per heavy atom. The fourth-order valence-corrected chi connectivity index (χ4v) is 8.63. The van der Waals surface area contributed by atoms with E-state index in [2.05, 4.69) is 4.90 Å². The Balaban J connectivity index is 1.67. The number of morpholine rings is 1. The molecular formula is C26H27F3N3O2P. The summed E-state index contributed by atoms with van der Waals surface area (Å²) in [6.07, 6.45) is -4.43. The van der Waals surface area contributed by atoms with Crippen LogP contribution in [0.15, 0.2) is 84.9 Å². The van der Waals surface area contributed by atoms with Gasteiger partial charge in [-0.3, -0.25) is 9.46 Å². The average molecular weight is 501 g/mol. The van der Waals surface area contributed by atoms with Crippen LogP contribution in [-0.4, -0.2) is 44.3 Å². The number of hydrogen-bond acceptors (Lipinski definition) is 3. The first-order valence-corrected chi connectivity index (χ1v) is 13.3. The summed E-state index contributed by atoms with van der Waals surface area (Å²) in [4.78, 5) is 2.10. The monoisotopic (exact) mass is 501 g/mol. The van der Waals surface area contributed by atoms with Crippen LogP contribution >= 0.6 is 7.44 Å². The molecule has 0 aliphatic carbocycles. The summed E-state index contributed by atoms with van der Waals surface area (Å²) in [6, 6.07) is 24.3. The zero-order valence-electron chi connectivity index (χ0n) is 19.1. The third-order valence-electron chi connectivity index (χ3n) is 6.57. The Kier molecular flexibility index (Phi) is 6.62. The van der Waals surface area contributed by atoms with Crippen LogP contribution in [0.1, 0.15) is 16.9 Å². The Morgan fingerprint density at radius 3 is 1.66 bits per heavy atom. The van der Waals surface area contributed by atoms with Gasteiger partial charge >= 0.3 is 6.18 Å². The van der Waals surface area contributed by atoms with Gasteiger partial charge in [-0.2, -0.15) is 13.2 Å². The zero-order chi connectivity index (χ0) is 24.5. The first kappa shape index (κ1) is 23.9. The predicted octanol–water partition coefficient (Wildman–Crippen LogP) is 6.26. The van der Waals surface area contributed by atoms with Crippen molar-refractivity contribution in [3.63, 3.8) is 0 Å². The van der Waals surface area contributed by atoms with Gasteiger partial charge in [-0.25, -0.2) is 0 Å². The van der Waals surface area contributed by atoms with Crippen molar-refractivity contribution in [2.45, 2.75) is 12.0 Å². The number of alkyl halides is 3. The van der Waals surface area contributed by atoms with Crippen LogP contribution in [0.2, 0.25) is 0 Å². The lowest BCUT2D eigenvalue weighted by atomic mass is 10.1. The lowest BCUT2D eigenvalue weighted by molar-refractivity contribution is -0.137. The van der Waals surface area contributed by atoms with Crippen molar-refractivity contribution in [2.75, 3.05) is 48.7 Å². The molecule has 5 rings (SSSR count). The van der Waals surface area contributed by atoms with Crippen molar-refractivity contribution in [2.24, 2.45) is 0 Å². The molecule has 1 atom stereocenters. The van der Waals surface area contributed by atoms with Gasteiger partial charge in [0.1, 0.15) is 5.78 Å². The lowest BCUT2D eigenvalue weighted by Gasteiger charge is -2.44. The van der Waals surface area contributed by atoms with E-state index in [9.17, 15) is 13.2 Å². The van der Waals surface area contributed by atoms with Gasteiger partial charge in [0.2, 0.25) is 0 Å². The smallest absolute Gasteiger partial charge is 0.379 e. The molecule has 9 heteroatoms. The maximum absolute atomic E-state index is 15.5.